The molecule has 0 amide bonds. The molecule has 3 nitrogen and oxygen atoms in total. The molecule has 1 aromatic carbocycles. The monoisotopic (exact) mass is 184 g/mol. The Morgan fingerprint density at radius 2 is 2.14 bits per heavy atom. The first-order valence-electron chi connectivity index (χ1n) is 4.22. The van der Waals surface area contributed by atoms with Gasteiger partial charge in [-0.05, 0) is 19.1 Å². The zero-order valence-electron chi connectivity index (χ0n) is 7.65. The van der Waals surface area contributed by atoms with Crippen molar-refractivity contribution in [2.75, 3.05) is 0 Å². The lowest BCUT2D eigenvalue weighted by Crippen LogP contribution is -1.89. The minimum absolute atomic E-state index is 0.185. The number of aryl methyl sites for hydroxylation is 1. The first-order valence-corrected chi connectivity index (χ1v) is 4.22. The van der Waals surface area contributed by atoms with Gasteiger partial charge in [-0.1, -0.05) is 12.1 Å². The van der Waals surface area contributed by atoms with E-state index in [1.54, 1.807) is 31.2 Å². The molecule has 0 atom stereocenters. The van der Waals surface area contributed by atoms with E-state index in [0.717, 1.165) is 5.69 Å². The summed E-state index contributed by atoms with van der Waals surface area (Å²) < 4.78 is 0. The molecule has 1 heterocycles. The van der Waals surface area contributed by atoms with Gasteiger partial charge in [-0.25, -0.2) is 4.98 Å². The predicted octanol–water partition coefficient (Wildman–Crippen LogP) is 2.12. The zero-order chi connectivity index (χ0) is 10.1. The SMILES string of the molecule is Cc1cc2c(O)cccc2c(C#N)n1. The highest BCUT2D eigenvalue weighted by Gasteiger charge is 2.05. The van der Waals surface area contributed by atoms with Crippen molar-refractivity contribution in [1.29, 1.82) is 5.26 Å². The summed E-state index contributed by atoms with van der Waals surface area (Å²) in [5, 5.41) is 19.8. The normalized spacial score (nSPS) is 10.0. The maximum Gasteiger partial charge on any atom is 0.148 e. The minimum Gasteiger partial charge on any atom is -0.507 e. The molecule has 0 aliphatic rings. The van der Waals surface area contributed by atoms with Gasteiger partial charge in [0.05, 0.1) is 0 Å². The van der Waals surface area contributed by atoms with Gasteiger partial charge in [0.15, 0.2) is 0 Å². The third-order valence-corrected chi connectivity index (χ3v) is 2.09. The number of nitrogens with zero attached hydrogens (tertiary/aromatic N) is 2. The summed E-state index contributed by atoms with van der Waals surface area (Å²) >= 11 is 0. The highest BCUT2D eigenvalue weighted by atomic mass is 16.3. The Labute approximate surface area is 81.2 Å². The zero-order valence-corrected chi connectivity index (χ0v) is 7.65. The fourth-order valence-corrected chi connectivity index (χ4v) is 1.47. The third-order valence-electron chi connectivity index (χ3n) is 2.09. The van der Waals surface area contributed by atoms with Gasteiger partial charge in [0.25, 0.3) is 0 Å². The molecule has 0 bridgehead atoms. The van der Waals surface area contributed by atoms with Gasteiger partial charge in [-0.2, -0.15) is 5.26 Å². The fraction of sp³-hybridized carbons (Fsp3) is 0.0909. The van der Waals surface area contributed by atoms with Crippen molar-refractivity contribution in [2.45, 2.75) is 6.92 Å². The lowest BCUT2D eigenvalue weighted by atomic mass is 10.1. The van der Waals surface area contributed by atoms with Crippen molar-refractivity contribution in [3.8, 4) is 11.8 Å². The van der Waals surface area contributed by atoms with Crippen molar-refractivity contribution < 1.29 is 5.11 Å². The largest absolute Gasteiger partial charge is 0.507 e. The molecule has 0 saturated heterocycles. The topological polar surface area (TPSA) is 56.9 Å². The van der Waals surface area contributed by atoms with Crippen LogP contribution in [0.15, 0.2) is 24.3 Å². The molecule has 1 N–H and O–H groups in total. The van der Waals surface area contributed by atoms with Crippen molar-refractivity contribution in [2.24, 2.45) is 0 Å². The van der Waals surface area contributed by atoms with Crippen LogP contribution >= 0.6 is 0 Å². The summed E-state index contributed by atoms with van der Waals surface area (Å²) in [4.78, 5) is 4.09. The Kier molecular flexibility index (Phi) is 1.83. The molecular formula is C11H8N2O. The molecule has 0 unspecified atom stereocenters. The van der Waals surface area contributed by atoms with Crippen LogP contribution in [0.25, 0.3) is 10.8 Å². The quantitative estimate of drug-likeness (QED) is 0.682. The average molecular weight is 184 g/mol. The summed E-state index contributed by atoms with van der Waals surface area (Å²) in [6, 6.07) is 8.87. The van der Waals surface area contributed by atoms with Crippen LogP contribution in [0.4, 0.5) is 0 Å². The van der Waals surface area contributed by atoms with Crippen LogP contribution in [0.5, 0.6) is 5.75 Å². The number of phenols is 1. The second kappa shape index (κ2) is 3.00. The van der Waals surface area contributed by atoms with E-state index in [-0.39, 0.29) is 5.75 Å². The van der Waals surface area contributed by atoms with Crippen LogP contribution in [-0.4, -0.2) is 10.1 Å². The van der Waals surface area contributed by atoms with Crippen LogP contribution in [-0.2, 0) is 0 Å². The number of hydrogen-bond acceptors (Lipinski definition) is 3. The van der Waals surface area contributed by atoms with Crippen molar-refractivity contribution in [1.82, 2.24) is 4.98 Å². The Morgan fingerprint density at radius 3 is 2.86 bits per heavy atom. The molecule has 0 spiro atoms. The molecule has 0 aliphatic carbocycles. The number of pyridine rings is 1. The van der Waals surface area contributed by atoms with Crippen LogP contribution < -0.4 is 0 Å². The van der Waals surface area contributed by atoms with E-state index in [9.17, 15) is 5.11 Å². The van der Waals surface area contributed by atoms with Crippen LogP contribution in [0.3, 0.4) is 0 Å². The van der Waals surface area contributed by atoms with E-state index in [1.165, 1.54) is 0 Å². The maximum absolute atomic E-state index is 9.58. The molecule has 2 aromatic rings. The molecule has 0 saturated carbocycles. The standard InChI is InChI=1S/C11H8N2O/c1-7-5-9-8(10(6-12)13-7)3-2-4-11(9)14/h2-5,14H,1H3. The fourth-order valence-electron chi connectivity index (χ4n) is 1.47. The number of nitriles is 1. The summed E-state index contributed by atoms with van der Waals surface area (Å²) in [5.41, 5.74) is 1.09. The van der Waals surface area contributed by atoms with Crippen LogP contribution in [0.1, 0.15) is 11.4 Å². The summed E-state index contributed by atoms with van der Waals surface area (Å²) in [7, 11) is 0. The van der Waals surface area contributed by atoms with Crippen molar-refractivity contribution >= 4 is 10.8 Å². The Morgan fingerprint density at radius 1 is 1.36 bits per heavy atom. The van der Waals surface area contributed by atoms with Gasteiger partial charge in [0.1, 0.15) is 17.5 Å². The number of rotatable bonds is 0. The number of benzene rings is 1. The maximum atomic E-state index is 9.58. The summed E-state index contributed by atoms with van der Waals surface area (Å²) in [5.74, 6) is 0.185. The molecule has 3 heteroatoms. The van der Waals surface area contributed by atoms with Crippen LogP contribution in [0, 0.1) is 18.3 Å². The van der Waals surface area contributed by atoms with Crippen molar-refractivity contribution in [3.63, 3.8) is 0 Å². The van der Waals surface area contributed by atoms with E-state index in [0.29, 0.717) is 16.5 Å². The molecule has 1 aromatic heterocycles. The second-order valence-corrected chi connectivity index (χ2v) is 3.10. The molecule has 14 heavy (non-hydrogen) atoms. The minimum atomic E-state index is 0.185. The van der Waals surface area contributed by atoms with Crippen LogP contribution in [0.2, 0.25) is 0 Å². The summed E-state index contributed by atoms with van der Waals surface area (Å²) in [6.45, 7) is 1.80. The number of phenolic OH excluding ortho intramolecular Hbond substituents is 1. The van der Waals surface area contributed by atoms with Gasteiger partial charge in [-0.15, -0.1) is 0 Å². The Hall–Kier alpha value is -2.08. The Bertz CT molecular complexity index is 541. The first-order chi connectivity index (χ1) is 6.72. The summed E-state index contributed by atoms with van der Waals surface area (Å²) in [6.07, 6.45) is 0. The highest BCUT2D eigenvalue weighted by molar-refractivity contribution is 5.91. The molecule has 68 valence electrons. The second-order valence-electron chi connectivity index (χ2n) is 3.10. The van der Waals surface area contributed by atoms with Gasteiger partial charge in [-0.3, -0.25) is 0 Å². The van der Waals surface area contributed by atoms with Gasteiger partial charge >= 0.3 is 0 Å². The molecule has 2 rings (SSSR count). The predicted molar refractivity (Wildman–Crippen MR) is 52.9 cm³/mol. The number of hydrogen-bond donors (Lipinski definition) is 1. The smallest absolute Gasteiger partial charge is 0.148 e. The number of fused-ring (bicyclic) bond motifs is 1. The van der Waals surface area contributed by atoms with Crippen molar-refractivity contribution in [3.05, 3.63) is 35.7 Å². The average Bonchev–Trinajstić information content (AvgIpc) is 2.18. The number of aromatic nitrogens is 1. The van der Waals surface area contributed by atoms with Gasteiger partial charge < -0.3 is 5.11 Å². The van der Waals surface area contributed by atoms with E-state index in [1.807, 2.05) is 6.07 Å². The lowest BCUT2D eigenvalue weighted by molar-refractivity contribution is 0.481. The van der Waals surface area contributed by atoms with E-state index < -0.39 is 0 Å². The highest BCUT2D eigenvalue weighted by Crippen LogP contribution is 2.26. The molecule has 0 aliphatic heterocycles. The lowest BCUT2D eigenvalue weighted by Gasteiger charge is -2.02. The Balaban J connectivity index is 2.96. The molecule has 0 radical (unpaired) electrons. The molecule has 0 fully saturated rings. The first kappa shape index (κ1) is 8.52. The van der Waals surface area contributed by atoms with E-state index >= 15 is 0 Å². The van der Waals surface area contributed by atoms with Gasteiger partial charge in [0.2, 0.25) is 0 Å². The van der Waals surface area contributed by atoms with E-state index in [4.69, 9.17) is 5.26 Å². The third kappa shape index (κ3) is 1.17. The molecular weight excluding hydrogens is 176 g/mol. The van der Waals surface area contributed by atoms with Gasteiger partial charge in [0, 0.05) is 16.5 Å². The number of aromatic hydroxyl groups is 1. The van der Waals surface area contributed by atoms with E-state index in [2.05, 4.69) is 4.98 Å².